The van der Waals surface area contributed by atoms with E-state index in [1.807, 2.05) is 0 Å². The second-order valence-corrected chi connectivity index (χ2v) is 6.61. The fourth-order valence-electron chi connectivity index (χ4n) is 2.10. The lowest BCUT2D eigenvalue weighted by molar-refractivity contribution is -0.122. The Hall–Kier alpha value is -2.46. The average Bonchev–Trinajstić information content (AvgIpc) is 2.88. The molecule has 2 rings (SSSR count). The van der Waals surface area contributed by atoms with E-state index in [4.69, 9.17) is 12.2 Å². The highest BCUT2D eigenvalue weighted by Crippen LogP contribution is 2.32. The summed E-state index contributed by atoms with van der Waals surface area (Å²) in [6, 6.07) is 5.78. The number of benzene rings is 1. The molecule has 1 aromatic rings. The number of hydrogen-bond acceptors (Lipinski definition) is 5. The normalized spacial score (nSPS) is 15.4. The summed E-state index contributed by atoms with van der Waals surface area (Å²) in [7, 11) is 0. The number of hydrogen-bond donors (Lipinski definition) is 2. The molecule has 1 heterocycles. The van der Waals surface area contributed by atoms with Gasteiger partial charge in [-0.05, 0) is 47.8 Å². The molecule has 2 N–H and O–H groups in total. The summed E-state index contributed by atoms with van der Waals surface area (Å²) in [5.41, 5.74) is 0.593. The molecule has 144 valence electrons. The number of halogens is 2. The molecule has 0 atom stereocenters. The number of rotatable bonds is 8. The first kappa shape index (κ1) is 20.8. The molecule has 0 spiro atoms. The van der Waals surface area contributed by atoms with Gasteiger partial charge in [0, 0.05) is 19.6 Å². The van der Waals surface area contributed by atoms with Crippen LogP contribution in [0.5, 0.6) is 5.75 Å². The van der Waals surface area contributed by atoms with E-state index in [0.717, 1.165) is 16.7 Å². The van der Waals surface area contributed by atoms with Crippen molar-refractivity contribution in [2.24, 2.45) is 0 Å². The summed E-state index contributed by atoms with van der Waals surface area (Å²) >= 11 is 5.85. The van der Waals surface area contributed by atoms with E-state index < -0.39 is 12.5 Å². The van der Waals surface area contributed by atoms with Gasteiger partial charge in [0.05, 0.1) is 4.91 Å². The highest BCUT2D eigenvalue weighted by Gasteiger charge is 2.34. The minimum Gasteiger partial charge on any atom is -0.435 e. The van der Waals surface area contributed by atoms with Crippen LogP contribution in [0.25, 0.3) is 6.08 Å². The first-order valence-corrected chi connectivity index (χ1v) is 9.06. The number of thioether (sulfide) groups is 1. The van der Waals surface area contributed by atoms with E-state index in [2.05, 4.69) is 21.9 Å². The molecule has 10 heteroatoms. The number of imide groups is 1. The molecule has 0 aliphatic carbocycles. The summed E-state index contributed by atoms with van der Waals surface area (Å²) in [4.78, 5) is 25.8. The Morgan fingerprint density at radius 1 is 1.30 bits per heavy atom. The monoisotopic (exact) mass is 413 g/mol. The number of nitrogens with zero attached hydrogens (tertiary/aromatic N) is 1. The van der Waals surface area contributed by atoms with Crippen LogP contribution in [0.4, 0.5) is 13.6 Å². The predicted molar refractivity (Wildman–Crippen MR) is 105 cm³/mol. The fraction of sp³-hybridized carbons (Fsp3) is 0.235. The molecule has 1 aromatic carbocycles. The molecule has 1 aliphatic heterocycles. The van der Waals surface area contributed by atoms with Crippen molar-refractivity contribution in [1.82, 2.24) is 15.5 Å². The second-order valence-electron chi connectivity index (χ2n) is 5.21. The smallest absolute Gasteiger partial charge is 0.387 e. The van der Waals surface area contributed by atoms with Crippen molar-refractivity contribution in [2.75, 3.05) is 19.6 Å². The Morgan fingerprint density at radius 3 is 2.63 bits per heavy atom. The number of amides is 2. The van der Waals surface area contributed by atoms with Crippen LogP contribution in [-0.4, -0.2) is 47.4 Å². The van der Waals surface area contributed by atoms with Crippen LogP contribution in [0.2, 0.25) is 0 Å². The van der Waals surface area contributed by atoms with Crippen molar-refractivity contribution in [3.8, 4) is 5.75 Å². The molecule has 0 radical (unpaired) electrons. The first-order chi connectivity index (χ1) is 12.9. The van der Waals surface area contributed by atoms with E-state index in [1.54, 1.807) is 6.08 Å². The van der Waals surface area contributed by atoms with Gasteiger partial charge in [-0.2, -0.15) is 8.78 Å². The molecule has 27 heavy (non-hydrogen) atoms. The summed E-state index contributed by atoms with van der Waals surface area (Å²) in [6.45, 7) is 1.65. The van der Waals surface area contributed by atoms with Crippen LogP contribution < -0.4 is 15.4 Å². The lowest BCUT2D eigenvalue weighted by atomic mass is 10.2. The van der Waals surface area contributed by atoms with Gasteiger partial charge in [-0.1, -0.05) is 18.2 Å². The minimum absolute atomic E-state index is 0.0161. The molecular weight excluding hydrogens is 396 g/mol. The maximum Gasteiger partial charge on any atom is 0.387 e. The maximum absolute atomic E-state index is 12.4. The van der Waals surface area contributed by atoms with Crippen LogP contribution in [0.3, 0.4) is 0 Å². The number of thiocarbonyl (C=S) groups is 1. The Morgan fingerprint density at radius 2 is 2.00 bits per heavy atom. The molecular formula is C17H17F2N3O3S2. The molecule has 0 bridgehead atoms. The number of carbonyl (C=O) groups excluding carboxylic acids is 2. The number of alkyl halides is 2. The second kappa shape index (κ2) is 10.0. The predicted octanol–water partition coefficient (Wildman–Crippen LogP) is 2.97. The number of carbonyl (C=O) groups is 2. The van der Waals surface area contributed by atoms with Crippen molar-refractivity contribution in [2.45, 2.75) is 6.61 Å². The SMILES string of the molecule is C=CCNC(=S)NCCN1C(=O)S/C(=C\c2ccc(OC(F)F)cc2)C1=O. The zero-order valence-corrected chi connectivity index (χ0v) is 15.7. The van der Waals surface area contributed by atoms with Crippen LogP contribution in [0, 0.1) is 0 Å². The Labute approximate surface area is 164 Å². The summed E-state index contributed by atoms with van der Waals surface area (Å²) in [5.74, 6) is -0.396. The summed E-state index contributed by atoms with van der Waals surface area (Å²) < 4.78 is 28.6. The highest BCUT2D eigenvalue weighted by molar-refractivity contribution is 8.18. The van der Waals surface area contributed by atoms with Gasteiger partial charge in [0.15, 0.2) is 5.11 Å². The zero-order valence-electron chi connectivity index (χ0n) is 14.1. The molecule has 1 fully saturated rings. The van der Waals surface area contributed by atoms with Gasteiger partial charge in [-0.3, -0.25) is 14.5 Å². The van der Waals surface area contributed by atoms with Crippen LogP contribution in [-0.2, 0) is 4.79 Å². The van der Waals surface area contributed by atoms with Gasteiger partial charge in [0.2, 0.25) is 0 Å². The van der Waals surface area contributed by atoms with Crippen molar-refractivity contribution in [1.29, 1.82) is 0 Å². The van der Waals surface area contributed by atoms with Crippen molar-refractivity contribution < 1.29 is 23.1 Å². The van der Waals surface area contributed by atoms with Crippen molar-refractivity contribution in [3.63, 3.8) is 0 Å². The summed E-state index contributed by atoms with van der Waals surface area (Å²) in [5, 5.41) is 5.80. The number of nitrogens with one attached hydrogen (secondary N) is 2. The highest BCUT2D eigenvalue weighted by atomic mass is 32.2. The van der Waals surface area contributed by atoms with Crippen LogP contribution >= 0.6 is 24.0 Å². The zero-order chi connectivity index (χ0) is 19.8. The quantitative estimate of drug-likeness (QED) is 0.386. The van der Waals surface area contributed by atoms with E-state index in [-0.39, 0.29) is 22.4 Å². The van der Waals surface area contributed by atoms with Crippen LogP contribution in [0.15, 0.2) is 41.8 Å². The van der Waals surface area contributed by atoms with Crippen LogP contribution in [0.1, 0.15) is 5.56 Å². The third-order valence-electron chi connectivity index (χ3n) is 3.30. The van der Waals surface area contributed by atoms with E-state index in [0.29, 0.717) is 23.8 Å². The van der Waals surface area contributed by atoms with Crippen molar-refractivity contribution >= 4 is 46.3 Å². The van der Waals surface area contributed by atoms with Gasteiger partial charge >= 0.3 is 6.61 Å². The number of ether oxygens (including phenoxy) is 1. The third kappa shape index (κ3) is 6.33. The van der Waals surface area contributed by atoms with Gasteiger partial charge in [-0.15, -0.1) is 6.58 Å². The summed E-state index contributed by atoms with van der Waals surface area (Å²) in [6.07, 6.45) is 3.18. The average molecular weight is 413 g/mol. The Kier molecular flexibility index (Phi) is 7.74. The standard InChI is InChI=1S/C17H17F2N3O3S2/c1-2-7-20-16(26)21-8-9-22-14(23)13(27-17(22)24)10-11-3-5-12(6-4-11)25-15(18)19/h2-6,10,15H,1,7-9H2,(H2,20,21,26)/b13-10-. The fourth-order valence-corrected chi connectivity index (χ4v) is 3.15. The molecule has 1 saturated heterocycles. The topological polar surface area (TPSA) is 70.7 Å². The lowest BCUT2D eigenvalue weighted by Crippen LogP contribution is -2.41. The Bertz CT molecular complexity index is 754. The molecule has 6 nitrogen and oxygen atoms in total. The minimum atomic E-state index is -2.90. The molecule has 2 amide bonds. The molecule has 1 aliphatic rings. The molecule has 0 aromatic heterocycles. The van der Waals surface area contributed by atoms with E-state index >= 15 is 0 Å². The largest absolute Gasteiger partial charge is 0.435 e. The molecule has 0 unspecified atom stereocenters. The van der Waals surface area contributed by atoms with Crippen molar-refractivity contribution in [3.05, 3.63) is 47.4 Å². The first-order valence-electron chi connectivity index (χ1n) is 7.83. The third-order valence-corrected chi connectivity index (χ3v) is 4.50. The van der Waals surface area contributed by atoms with E-state index in [1.165, 1.54) is 30.3 Å². The lowest BCUT2D eigenvalue weighted by Gasteiger charge is -2.14. The maximum atomic E-state index is 12.4. The van der Waals surface area contributed by atoms with Gasteiger partial charge in [0.25, 0.3) is 11.1 Å². The van der Waals surface area contributed by atoms with Gasteiger partial charge < -0.3 is 15.4 Å². The van der Waals surface area contributed by atoms with Gasteiger partial charge in [-0.25, -0.2) is 0 Å². The Balaban J connectivity index is 1.93. The molecule has 0 saturated carbocycles. The van der Waals surface area contributed by atoms with Gasteiger partial charge in [0.1, 0.15) is 5.75 Å². The van der Waals surface area contributed by atoms with E-state index in [9.17, 15) is 18.4 Å².